The molecule has 2 heteroatoms. The van der Waals surface area contributed by atoms with Gasteiger partial charge in [0.15, 0.2) is 0 Å². The van der Waals surface area contributed by atoms with Crippen molar-refractivity contribution in [1.29, 1.82) is 0 Å². The molecule has 0 bridgehead atoms. The van der Waals surface area contributed by atoms with Gasteiger partial charge in [0.2, 0.25) is 0 Å². The number of benzene rings is 6. The lowest BCUT2D eigenvalue weighted by Crippen LogP contribution is -2.30. The number of aromatic nitrogens is 2. The molecule has 39 heavy (non-hydrogen) atoms. The summed E-state index contributed by atoms with van der Waals surface area (Å²) in [6.45, 7) is 8.55. The number of fused-ring (bicyclic) bond motifs is 3. The van der Waals surface area contributed by atoms with Crippen LogP contribution in [-0.4, -0.2) is 9.55 Å². The predicted octanol–water partition coefficient (Wildman–Crippen LogP) is 7.93. The van der Waals surface area contributed by atoms with Crippen LogP contribution in [0, 0.1) is 0 Å². The largest absolute Gasteiger partial charge is 0.292 e. The van der Waals surface area contributed by atoms with Crippen LogP contribution in [-0.2, 0) is 6.42 Å². The molecule has 0 radical (unpaired) electrons. The van der Waals surface area contributed by atoms with E-state index in [1.807, 2.05) is 6.08 Å². The molecule has 1 aromatic heterocycles. The van der Waals surface area contributed by atoms with Gasteiger partial charge in [-0.2, -0.15) is 0 Å². The second-order valence-corrected chi connectivity index (χ2v) is 10.4. The minimum Gasteiger partial charge on any atom is -0.292 e. The van der Waals surface area contributed by atoms with Gasteiger partial charge in [0.05, 0.1) is 11.0 Å². The molecule has 0 saturated carbocycles. The van der Waals surface area contributed by atoms with Gasteiger partial charge in [0.25, 0.3) is 0 Å². The van der Waals surface area contributed by atoms with Crippen LogP contribution in [0.5, 0.6) is 0 Å². The molecule has 0 spiro atoms. The third-order valence-electron chi connectivity index (χ3n) is 8.32. The Balaban J connectivity index is 1.60. The van der Waals surface area contributed by atoms with E-state index in [2.05, 4.69) is 121 Å². The van der Waals surface area contributed by atoms with Gasteiger partial charge in [0.1, 0.15) is 5.82 Å². The number of imidazole rings is 1. The van der Waals surface area contributed by atoms with Crippen molar-refractivity contribution < 1.29 is 0 Å². The van der Waals surface area contributed by atoms with Crippen molar-refractivity contribution >= 4 is 62.1 Å². The number of hydrogen-bond donors (Lipinski definition) is 0. The number of rotatable bonds is 3. The fourth-order valence-electron chi connectivity index (χ4n) is 6.60. The maximum Gasteiger partial charge on any atom is 0.146 e. The Kier molecular flexibility index (Phi) is 4.68. The van der Waals surface area contributed by atoms with Gasteiger partial charge in [-0.15, -0.1) is 0 Å². The van der Waals surface area contributed by atoms with Crippen LogP contribution in [0.4, 0.5) is 0 Å². The fourth-order valence-corrected chi connectivity index (χ4v) is 6.60. The van der Waals surface area contributed by atoms with Crippen molar-refractivity contribution in [1.82, 2.24) is 9.55 Å². The summed E-state index contributed by atoms with van der Waals surface area (Å²) < 4.78 is 2.36. The molecule has 1 heterocycles. The van der Waals surface area contributed by atoms with Gasteiger partial charge >= 0.3 is 0 Å². The number of allylic oxidation sites excluding steroid dienone is 2. The third-order valence-corrected chi connectivity index (χ3v) is 8.32. The van der Waals surface area contributed by atoms with Crippen molar-refractivity contribution in [3.8, 4) is 17.1 Å². The van der Waals surface area contributed by atoms with Crippen molar-refractivity contribution in [2.75, 3.05) is 0 Å². The Labute approximate surface area is 226 Å². The molecule has 0 amide bonds. The highest BCUT2D eigenvalue weighted by atomic mass is 15.1. The Morgan fingerprint density at radius 2 is 1.54 bits per heavy atom. The van der Waals surface area contributed by atoms with Crippen molar-refractivity contribution in [2.24, 2.45) is 0 Å². The second-order valence-electron chi connectivity index (χ2n) is 10.4. The molecule has 0 atom stereocenters. The molecule has 6 aromatic carbocycles. The molecule has 184 valence electrons. The molecule has 1 aliphatic rings. The standard InChI is InChI=1S/C37H26N2/c1-3-10-29-23(2)28-15-7-8-16-31(28)36-35(29)38-37(39(36)27-13-5-4-6-14-27)32-22-20-26-18-17-24-11-9-12-25-19-21-30(32)34(26)33(24)25/h3-6,8-14,16-22H,1-2,7,15H2/b29-10+. The summed E-state index contributed by atoms with van der Waals surface area (Å²) in [5.74, 6) is 0.944. The topological polar surface area (TPSA) is 17.8 Å². The SMILES string of the molecule is C=C/C=c1\c(=C)c2c(c3c1nc(-c1ccc4ccc5cccc6ccc1c4c56)n3-c1ccccc1)C=CCC2. The lowest BCUT2D eigenvalue weighted by atomic mass is 9.91. The highest BCUT2D eigenvalue weighted by Crippen LogP contribution is 2.40. The molecule has 8 rings (SSSR count). The van der Waals surface area contributed by atoms with E-state index in [9.17, 15) is 0 Å². The highest BCUT2D eigenvalue weighted by Gasteiger charge is 2.23. The zero-order chi connectivity index (χ0) is 26.1. The Morgan fingerprint density at radius 1 is 0.795 bits per heavy atom. The molecule has 0 N–H and O–H groups in total. The van der Waals surface area contributed by atoms with Crippen LogP contribution < -0.4 is 10.4 Å². The number of hydrogen-bond acceptors (Lipinski definition) is 1. The average Bonchev–Trinajstić information content (AvgIpc) is 3.39. The number of para-hydroxylation sites is 1. The smallest absolute Gasteiger partial charge is 0.146 e. The van der Waals surface area contributed by atoms with Gasteiger partial charge in [-0.1, -0.05) is 104 Å². The van der Waals surface area contributed by atoms with Crippen molar-refractivity contribution in [2.45, 2.75) is 12.8 Å². The summed E-state index contributed by atoms with van der Waals surface area (Å²) in [5, 5.41) is 9.74. The van der Waals surface area contributed by atoms with Crippen LogP contribution in [0.15, 0.2) is 104 Å². The van der Waals surface area contributed by atoms with Gasteiger partial charge in [0, 0.05) is 22.0 Å². The van der Waals surface area contributed by atoms with Gasteiger partial charge in [-0.3, -0.25) is 4.57 Å². The second kappa shape index (κ2) is 8.28. The van der Waals surface area contributed by atoms with Gasteiger partial charge in [-0.25, -0.2) is 4.98 Å². The molecule has 0 saturated heterocycles. The Hall–Kier alpha value is -4.95. The first-order valence-corrected chi connectivity index (χ1v) is 13.5. The fraction of sp³-hybridized carbons (Fsp3) is 0.0541. The maximum absolute atomic E-state index is 5.44. The first-order valence-electron chi connectivity index (χ1n) is 13.5. The minimum atomic E-state index is 0.944. The summed E-state index contributed by atoms with van der Waals surface area (Å²) >= 11 is 0. The monoisotopic (exact) mass is 498 g/mol. The third kappa shape index (κ3) is 3.06. The Morgan fingerprint density at radius 3 is 2.33 bits per heavy atom. The zero-order valence-electron chi connectivity index (χ0n) is 21.6. The molecule has 0 unspecified atom stereocenters. The first-order chi connectivity index (χ1) is 19.2. The molecule has 0 fully saturated rings. The molecule has 7 aromatic rings. The summed E-state index contributed by atoms with van der Waals surface area (Å²) in [6.07, 6.45) is 10.5. The van der Waals surface area contributed by atoms with Crippen LogP contribution in [0.1, 0.15) is 17.5 Å². The lowest BCUT2D eigenvalue weighted by molar-refractivity contribution is 0.974. The normalized spacial score (nSPS) is 13.7. The van der Waals surface area contributed by atoms with E-state index >= 15 is 0 Å². The molecule has 0 aliphatic heterocycles. The summed E-state index contributed by atoms with van der Waals surface area (Å²) in [7, 11) is 0. The average molecular weight is 499 g/mol. The van der Waals surface area contributed by atoms with Gasteiger partial charge < -0.3 is 0 Å². The van der Waals surface area contributed by atoms with E-state index in [4.69, 9.17) is 4.98 Å². The zero-order valence-corrected chi connectivity index (χ0v) is 21.6. The molecular formula is C37H26N2. The van der Waals surface area contributed by atoms with E-state index in [1.54, 1.807) is 0 Å². The minimum absolute atomic E-state index is 0.944. The van der Waals surface area contributed by atoms with E-state index in [0.717, 1.165) is 51.4 Å². The van der Waals surface area contributed by atoms with Crippen LogP contribution in [0.25, 0.3) is 79.2 Å². The van der Waals surface area contributed by atoms with Crippen molar-refractivity contribution in [3.63, 3.8) is 0 Å². The lowest BCUT2D eigenvalue weighted by Gasteiger charge is -2.17. The molecular weight excluding hydrogens is 472 g/mol. The quantitative estimate of drug-likeness (QED) is 0.226. The maximum atomic E-state index is 5.44. The summed E-state index contributed by atoms with van der Waals surface area (Å²) in [4.78, 5) is 5.44. The van der Waals surface area contributed by atoms with E-state index in [1.165, 1.54) is 43.4 Å². The summed E-state index contributed by atoms with van der Waals surface area (Å²) in [5.41, 5.74) is 6.86. The van der Waals surface area contributed by atoms with Crippen LogP contribution >= 0.6 is 0 Å². The highest BCUT2D eigenvalue weighted by molar-refractivity contribution is 6.25. The predicted molar refractivity (Wildman–Crippen MR) is 167 cm³/mol. The Bertz CT molecular complexity index is 2230. The first kappa shape index (κ1) is 22.1. The van der Waals surface area contributed by atoms with E-state index in [0.29, 0.717) is 0 Å². The van der Waals surface area contributed by atoms with Crippen molar-refractivity contribution in [3.05, 3.63) is 125 Å². The number of nitrogens with zero attached hydrogens (tertiary/aromatic N) is 2. The molecule has 2 nitrogen and oxygen atoms in total. The van der Waals surface area contributed by atoms with Crippen LogP contribution in [0.3, 0.4) is 0 Å². The van der Waals surface area contributed by atoms with E-state index in [-0.39, 0.29) is 0 Å². The van der Waals surface area contributed by atoms with Gasteiger partial charge in [-0.05, 0) is 74.1 Å². The summed E-state index contributed by atoms with van der Waals surface area (Å²) in [6, 6.07) is 30.7. The van der Waals surface area contributed by atoms with E-state index < -0.39 is 0 Å². The molecule has 1 aliphatic carbocycles. The van der Waals surface area contributed by atoms with Crippen LogP contribution in [0.2, 0.25) is 0 Å².